The lowest BCUT2D eigenvalue weighted by Crippen LogP contribution is -2.33. The van der Waals surface area contributed by atoms with Gasteiger partial charge in [0.1, 0.15) is 5.75 Å². The maximum atomic E-state index is 5.80. The van der Waals surface area contributed by atoms with Gasteiger partial charge in [-0.2, -0.15) is 0 Å². The van der Waals surface area contributed by atoms with Gasteiger partial charge in [0, 0.05) is 18.0 Å². The number of fused-ring (bicyclic) bond motifs is 1. The number of para-hydroxylation sites is 1. The second-order valence-electron chi connectivity index (χ2n) is 5.49. The number of rotatable bonds is 6. The average Bonchev–Trinajstić information content (AvgIpc) is 2.81. The molecule has 0 bridgehead atoms. The van der Waals surface area contributed by atoms with Gasteiger partial charge in [-0.1, -0.05) is 32.0 Å². The smallest absolute Gasteiger partial charge is 0.122 e. The quantitative estimate of drug-likeness (QED) is 0.829. The van der Waals surface area contributed by atoms with Crippen molar-refractivity contribution in [3.63, 3.8) is 0 Å². The second kappa shape index (κ2) is 5.75. The van der Waals surface area contributed by atoms with Crippen LogP contribution in [-0.4, -0.2) is 20.2 Å². The molecule has 0 radical (unpaired) electrons. The zero-order chi connectivity index (χ0) is 13.0. The van der Waals surface area contributed by atoms with Gasteiger partial charge in [0.15, 0.2) is 0 Å². The molecular formula is C16H25NO. The summed E-state index contributed by atoms with van der Waals surface area (Å²) >= 11 is 0. The molecule has 1 aliphatic rings. The van der Waals surface area contributed by atoms with Gasteiger partial charge in [-0.05, 0) is 37.8 Å². The van der Waals surface area contributed by atoms with Crippen molar-refractivity contribution in [1.29, 1.82) is 0 Å². The maximum Gasteiger partial charge on any atom is 0.122 e. The fourth-order valence-electron chi connectivity index (χ4n) is 3.16. The lowest BCUT2D eigenvalue weighted by molar-refractivity contribution is 0.198. The summed E-state index contributed by atoms with van der Waals surface area (Å²) in [5.74, 6) is 1.66. The lowest BCUT2D eigenvalue weighted by Gasteiger charge is -2.33. The molecule has 1 N–H and O–H groups in total. The second-order valence-corrected chi connectivity index (χ2v) is 5.49. The van der Waals surface area contributed by atoms with Gasteiger partial charge in [0.2, 0.25) is 0 Å². The van der Waals surface area contributed by atoms with Crippen LogP contribution in [0.4, 0.5) is 0 Å². The molecule has 100 valence electrons. The lowest BCUT2D eigenvalue weighted by atomic mass is 9.73. The van der Waals surface area contributed by atoms with E-state index in [1.165, 1.54) is 24.8 Å². The molecule has 1 unspecified atom stereocenters. The molecule has 1 aromatic rings. The first-order chi connectivity index (χ1) is 8.74. The predicted octanol–water partition coefficient (Wildman–Crippen LogP) is 3.58. The summed E-state index contributed by atoms with van der Waals surface area (Å²) in [5.41, 5.74) is 1.81. The largest absolute Gasteiger partial charge is 0.493 e. The molecule has 18 heavy (non-hydrogen) atoms. The highest BCUT2D eigenvalue weighted by Gasteiger charge is 2.33. The Kier molecular flexibility index (Phi) is 4.28. The van der Waals surface area contributed by atoms with Gasteiger partial charge in [-0.3, -0.25) is 0 Å². The molecule has 0 amide bonds. The monoisotopic (exact) mass is 247 g/mol. The van der Waals surface area contributed by atoms with Gasteiger partial charge in [-0.15, -0.1) is 0 Å². The molecule has 1 aromatic carbocycles. The number of benzene rings is 1. The first kappa shape index (κ1) is 13.4. The Morgan fingerprint density at radius 2 is 2.00 bits per heavy atom. The van der Waals surface area contributed by atoms with Crippen molar-refractivity contribution in [2.75, 3.05) is 20.2 Å². The number of hydrogen-bond donors (Lipinski definition) is 1. The van der Waals surface area contributed by atoms with E-state index in [1.807, 2.05) is 0 Å². The molecule has 2 rings (SSSR count). The fraction of sp³-hybridized carbons (Fsp3) is 0.625. The third kappa shape index (κ3) is 2.54. The normalized spacial score (nSPS) is 18.5. The first-order valence-electron chi connectivity index (χ1n) is 7.11. The SMILES string of the molecule is CCC(CC)(CNC)CC1COc2ccccc21. The number of hydrogen-bond acceptors (Lipinski definition) is 2. The topological polar surface area (TPSA) is 21.3 Å². The van der Waals surface area contributed by atoms with Crippen LogP contribution in [-0.2, 0) is 0 Å². The van der Waals surface area contributed by atoms with Crippen molar-refractivity contribution in [2.45, 2.75) is 39.0 Å². The minimum Gasteiger partial charge on any atom is -0.493 e. The van der Waals surface area contributed by atoms with E-state index >= 15 is 0 Å². The Bertz CT molecular complexity index is 384. The van der Waals surface area contributed by atoms with Crippen LogP contribution in [0.3, 0.4) is 0 Å². The summed E-state index contributed by atoms with van der Waals surface area (Å²) in [7, 11) is 2.05. The standard InChI is InChI=1S/C16H25NO/c1-4-16(5-2,12-17-3)10-13-11-18-15-9-7-6-8-14(13)15/h6-9,13,17H,4-5,10-12H2,1-3H3. The average molecular weight is 247 g/mol. The van der Waals surface area contributed by atoms with Gasteiger partial charge < -0.3 is 10.1 Å². The van der Waals surface area contributed by atoms with Crippen LogP contribution < -0.4 is 10.1 Å². The highest BCUT2D eigenvalue weighted by Crippen LogP contribution is 2.43. The van der Waals surface area contributed by atoms with Crippen molar-refractivity contribution < 1.29 is 4.74 Å². The third-order valence-corrected chi connectivity index (χ3v) is 4.53. The molecule has 0 spiro atoms. The third-order valence-electron chi connectivity index (χ3n) is 4.53. The van der Waals surface area contributed by atoms with Crippen molar-refractivity contribution in [1.82, 2.24) is 5.32 Å². The molecule has 1 atom stereocenters. The molecule has 0 aromatic heterocycles. The van der Waals surface area contributed by atoms with E-state index in [4.69, 9.17) is 4.74 Å². The van der Waals surface area contributed by atoms with Crippen LogP contribution in [0.5, 0.6) is 5.75 Å². The Labute approximate surface area is 111 Å². The van der Waals surface area contributed by atoms with Crippen molar-refractivity contribution >= 4 is 0 Å². The van der Waals surface area contributed by atoms with Gasteiger partial charge in [0.05, 0.1) is 6.61 Å². The van der Waals surface area contributed by atoms with Crippen LogP contribution in [0.1, 0.15) is 44.6 Å². The summed E-state index contributed by atoms with van der Waals surface area (Å²) in [6.07, 6.45) is 3.67. The van der Waals surface area contributed by atoms with Crippen molar-refractivity contribution in [3.05, 3.63) is 29.8 Å². The summed E-state index contributed by atoms with van der Waals surface area (Å²) in [4.78, 5) is 0. The summed E-state index contributed by atoms with van der Waals surface area (Å²) in [6.45, 7) is 6.56. The minimum absolute atomic E-state index is 0.403. The van der Waals surface area contributed by atoms with Crippen LogP contribution in [0.25, 0.3) is 0 Å². The molecule has 0 saturated heterocycles. The molecule has 2 heteroatoms. The Morgan fingerprint density at radius 3 is 2.67 bits per heavy atom. The fourth-order valence-corrected chi connectivity index (χ4v) is 3.16. The predicted molar refractivity (Wildman–Crippen MR) is 76.2 cm³/mol. The van der Waals surface area contributed by atoms with E-state index in [0.29, 0.717) is 11.3 Å². The zero-order valence-corrected chi connectivity index (χ0v) is 11.8. The first-order valence-corrected chi connectivity index (χ1v) is 7.11. The Balaban J connectivity index is 2.14. The molecule has 1 heterocycles. The van der Waals surface area contributed by atoms with Crippen LogP contribution in [0, 0.1) is 5.41 Å². The molecule has 1 aliphatic heterocycles. The highest BCUT2D eigenvalue weighted by molar-refractivity contribution is 5.39. The highest BCUT2D eigenvalue weighted by atomic mass is 16.5. The van der Waals surface area contributed by atoms with E-state index in [9.17, 15) is 0 Å². The molecule has 0 fully saturated rings. The van der Waals surface area contributed by atoms with Crippen molar-refractivity contribution in [3.8, 4) is 5.75 Å². The van der Waals surface area contributed by atoms with E-state index in [0.717, 1.165) is 18.9 Å². The van der Waals surface area contributed by atoms with Gasteiger partial charge >= 0.3 is 0 Å². The summed E-state index contributed by atoms with van der Waals surface area (Å²) in [5, 5.41) is 3.37. The van der Waals surface area contributed by atoms with Crippen LogP contribution in [0.2, 0.25) is 0 Å². The van der Waals surface area contributed by atoms with E-state index < -0.39 is 0 Å². The van der Waals surface area contributed by atoms with Crippen LogP contribution in [0.15, 0.2) is 24.3 Å². The summed E-state index contributed by atoms with van der Waals surface area (Å²) in [6, 6.07) is 8.50. The molecule has 0 saturated carbocycles. The van der Waals surface area contributed by atoms with Gasteiger partial charge in [0.25, 0.3) is 0 Å². The summed E-state index contributed by atoms with van der Waals surface area (Å²) < 4.78 is 5.80. The van der Waals surface area contributed by atoms with Crippen molar-refractivity contribution in [2.24, 2.45) is 5.41 Å². The van der Waals surface area contributed by atoms with E-state index in [1.54, 1.807) is 0 Å². The van der Waals surface area contributed by atoms with Gasteiger partial charge in [-0.25, -0.2) is 0 Å². The molecular weight excluding hydrogens is 222 g/mol. The zero-order valence-electron chi connectivity index (χ0n) is 11.8. The maximum absolute atomic E-state index is 5.80. The van der Waals surface area contributed by atoms with E-state index in [2.05, 4.69) is 50.5 Å². The number of ether oxygens (including phenoxy) is 1. The number of nitrogens with one attached hydrogen (secondary N) is 1. The van der Waals surface area contributed by atoms with E-state index in [-0.39, 0.29) is 0 Å². The Morgan fingerprint density at radius 1 is 1.28 bits per heavy atom. The molecule has 0 aliphatic carbocycles. The van der Waals surface area contributed by atoms with Crippen LogP contribution >= 0.6 is 0 Å². The molecule has 2 nitrogen and oxygen atoms in total. The minimum atomic E-state index is 0.403. The Hall–Kier alpha value is -1.02.